The number of halogens is 2. The summed E-state index contributed by atoms with van der Waals surface area (Å²) in [5.41, 5.74) is -0.952. The van der Waals surface area contributed by atoms with Crippen LogP contribution in [-0.4, -0.2) is 32.6 Å². The number of carbonyl (C=O) groups excluding carboxylic acids is 3. The van der Waals surface area contributed by atoms with Crippen molar-refractivity contribution in [1.82, 2.24) is 14.8 Å². The van der Waals surface area contributed by atoms with Crippen LogP contribution >= 0.6 is 0 Å². The molecule has 24 heavy (non-hydrogen) atoms. The highest BCUT2D eigenvalue weighted by Gasteiger charge is 2.40. The zero-order valence-corrected chi connectivity index (χ0v) is 12.6. The van der Waals surface area contributed by atoms with E-state index in [1.165, 1.54) is 26.1 Å². The van der Waals surface area contributed by atoms with Gasteiger partial charge in [-0.2, -0.15) is 5.10 Å². The normalized spacial score (nSPS) is 13.6. The molecule has 124 valence electrons. The highest BCUT2D eigenvalue weighted by Crippen LogP contribution is 2.28. The molecule has 2 aromatic rings. The van der Waals surface area contributed by atoms with Gasteiger partial charge in [-0.05, 0) is 19.1 Å². The molecule has 0 bridgehead atoms. The van der Waals surface area contributed by atoms with Crippen LogP contribution in [0.3, 0.4) is 0 Å². The summed E-state index contributed by atoms with van der Waals surface area (Å²) in [6, 6.07) is 5.91. The molecule has 0 saturated heterocycles. The summed E-state index contributed by atoms with van der Waals surface area (Å²) in [5.74, 6) is -2.90. The minimum absolute atomic E-state index is 0.00871. The smallest absolute Gasteiger partial charge is 0.324 e. The molecule has 0 radical (unpaired) electrons. The van der Waals surface area contributed by atoms with E-state index in [1.807, 2.05) is 0 Å². The minimum atomic E-state index is -2.97. The highest BCUT2D eigenvalue weighted by atomic mass is 19.3. The van der Waals surface area contributed by atoms with Crippen molar-refractivity contribution < 1.29 is 28.0 Å². The van der Waals surface area contributed by atoms with Gasteiger partial charge in [0.05, 0.1) is 16.8 Å². The first-order valence-electron chi connectivity index (χ1n) is 6.84. The van der Waals surface area contributed by atoms with Crippen LogP contribution in [0.15, 0.2) is 24.3 Å². The highest BCUT2D eigenvalue weighted by molar-refractivity contribution is 6.21. The molecular weight excluding hydrogens is 324 g/mol. The molecule has 0 spiro atoms. The molecule has 1 aromatic heterocycles. The number of rotatable bonds is 3. The van der Waals surface area contributed by atoms with E-state index in [-0.39, 0.29) is 21.9 Å². The van der Waals surface area contributed by atoms with Crippen LogP contribution in [0.25, 0.3) is 0 Å². The average molecular weight is 335 g/mol. The number of hydrogen-bond acceptors (Lipinski definition) is 5. The molecule has 3 rings (SSSR count). The van der Waals surface area contributed by atoms with Gasteiger partial charge in [0.15, 0.2) is 0 Å². The Morgan fingerprint density at radius 3 is 2.21 bits per heavy atom. The molecule has 1 aliphatic heterocycles. The molecule has 0 aliphatic carbocycles. The van der Waals surface area contributed by atoms with Crippen molar-refractivity contribution in [2.75, 3.05) is 0 Å². The Kier molecular flexibility index (Phi) is 3.63. The Labute approximate surface area is 134 Å². The average Bonchev–Trinajstić information content (AvgIpc) is 2.96. The topological polar surface area (TPSA) is 81.5 Å². The summed E-state index contributed by atoms with van der Waals surface area (Å²) in [6.07, 6.45) is -2.97. The van der Waals surface area contributed by atoms with E-state index in [4.69, 9.17) is 4.84 Å². The van der Waals surface area contributed by atoms with Gasteiger partial charge in [-0.15, -0.1) is 0 Å². The second kappa shape index (κ2) is 5.52. The lowest BCUT2D eigenvalue weighted by molar-refractivity contribution is -0.0588. The third kappa shape index (κ3) is 2.25. The van der Waals surface area contributed by atoms with Crippen molar-refractivity contribution in [2.45, 2.75) is 13.3 Å². The fourth-order valence-electron chi connectivity index (χ4n) is 2.56. The first kappa shape index (κ1) is 15.8. The van der Waals surface area contributed by atoms with E-state index in [0.29, 0.717) is 0 Å². The van der Waals surface area contributed by atoms with Gasteiger partial charge >= 0.3 is 5.97 Å². The number of fused-ring (bicyclic) bond motifs is 1. The van der Waals surface area contributed by atoms with E-state index in [9.17, 15) is 23.2 Å². The number of hydrogen-bond donors (Lipinski definition) is 0. The number of carbonyl (C=O) groups is 3. The maximum absolute atomic E-state index is 13.1. The zero-order valence-electron chi connectivity index (χ0n) is 12.6. The predicted octanol–water partition coefficient (Wildman–Crippen LogP) is 2.03. The third-order valence-electron chi connectivity index (χ3n) is 3.61. The molecule has 0 N–H and O–H groups in total. The Hall–Kier alpha value is -3.10. The molecule has 2 amide bonds. The minimum Gasteiger partial charge on any atom is -0.324 e. The Balaban J connectivity index is 1.93. The number of benzene rings is 1. The number of amides is 2. The van der Waals surface area contributed by atoms with Crippen LogP contribution in [0.1, 0.15) is 48.9 Å². The van der Waals surface area contributed by atoms with Gasteiger partial charge in [0, 0.05) is 7.05 Å². The lowest BCUT2D eigenvalue weighted by atomic mass is 10.1. The summed E-state index contributed by atoms with van der Waals surface area (Å²) in [7, 11) is 1.26. The molecule has 0 saturated carbocycles. The van der Waals surface area contributed by atoms with E-state index in [1.54, 1.807) is 12.1 Å². The van der Waals surface area contributed by atoms with E-state index in [2.05, 4.69) is 5.10 Å². The van der Waals surface area contributed by atoms with E-state index >= 15 is 0 Å². The molecule has 0 unspecified atom stereocenters. The van der Waals surface area contributed by atoms with Crippen molar-refractivity contribution >= 4 is 17.8 Å². The largest absolute Gasteiger partial charge is 0.367 e. The van der Waals surface area contributed by atoms with Crippen molar-refractivity contribution in [1.29, 1.82) is 0 Å². The number of imide groups is 1. The molecule has 0 fully saturated rings. The molecule has 1 aromatic carbocycles. The summed E-state index contributed by atoms with van der Waals surface area (Å²) < 4.78 is 27.1. The fraction of sp³-hybridized carbons (Fsp3) is 0.200. The van der Waals surface area contributed by atoms with Crippen molar-refractivity contribution in [3.63, 3.8) is 0 Å². The van der Waals surface area contributed by atoms with Crippen LogP contribution in [0.5, 0.6) is 0 Å². The van der Waals surface area contributed by atoms with Crippen molar-refractivity contribution in [2.24, 2.45) is 7.05 Å². The van der Waals surface area contributed by atoms with E-state index in [0.717, 1.165) is 4.68 Å². The van der Waals surface area contributed by atoms with E-state index < -0.39 is 35.5 Å². The lowest BCUT2D eigenvalue weighted by Gasteiger charge is -2.13. The van der Waals surface area contributed by atoms with Gasteiger partial charge in [-0.1, -0.05) is 17.2 Å². The second-order valence-corrected chi connectivity index (χ2v) is 5.10. The first-order valence-corrected chi connectivity index (χ1v) is 6.84. The summed E-state index contributed by atoms with van der Waals surface area (Å²) in [6.45, 7) is 1.35. The number of aromatic nitrogens is 2. The Bertz CT molecular complexity index is 841. The molecule has 7 nitrogen and oxygen atoms in total. The number of alkyl halides is 2. The monoisotopic (exact) mass is 335 g/mol. The molecule has 9 heteroatoms. The van der Waals surface area contributed by atoms with Gasteiger partial charge < -0.3 is 4.84 Å². The quantitative estimate of drug-likeness (QED) is 0.802. The lowest BCUT2D eigenvalue weighted by Crippen LogP contribution is -2.33. The van der Waals surface area contributed by atoms with Gasteiger partial charge in [-0.3, -0.25) is 14.3 Å². The van der Waals surface area contributed by atoms with Crippen LogP contribution in [0, 0.1) is 6.92 Å². The number of hydroxylamine groups is 2. The van der Waals surface area contributed by atoms with Crippen molar-refractivity contribution in [3.05, 3.63) is 52.3 Å². The van der Waals surface area contributed by atoms with Gasteiger partial charge in [0.25, 0.3) is 18.2 Å². The summed E-state index contributed by atoms with van der Waals surface area (Å²) in [4.78, 5) is 41.3. The molecular formula is C15H11F2N3O4. The fourth-order valence-corrected chi connectivity index (χ4v) is 2.56. The standard InChI is InChI=1S/C15H11F2N3O4/c1-7-10(11(12(16)17)19(2)18-7)15(23)24-20-13(21)8-5-3-4-6-9(8)14(20)22/h3-6,12H,1-2H3. The van der Waals surface area contributed by atoms with Gasteiger partial charge in [-0.25, -0.2) is 13.6 Å². The first-order chi connectivity index (χ1) is 11.3. The van der Waals surface area contributed by atoms with Crippen LogP contribution < -0.4 is 0 Å². The van der Waals surface area contributed by atoms with Gasteiger partial charge in [0.2, 0.25) is 0 Å². The third-order valence-corrected chi connectivity index (χ3v) is 3.61. The molecule has 2 heterocycles. The summed E-state index contributed by atoms with van der Waals surface area (Å²) in [5, 5.41) is 4.03. The maximum Gasteiger partial charge on any atom is 0.367 e. The maximum atomic E-state index is 13.1. The zero-order chi connectivity index (χ0) is 17.6. The number of nitrogens with zero attached hydrogens (tertiary/aromatic N) is 3. The Morgan fingerprint density at radius 1 is 1.17 bits per heavy atom. The number of aryl methyl sites for hydroxylation is 2. The molecule has 0 atom stereocenters. The second-order valence-electron chi connectivity index (χ2n) is 5.10. The van der Waals surface area contributed by atoms with Crippen LogP contribution in [0.4, 0.5) is 8.78 Å². The van der Waals surface area contributed by atoms with Gasteiger partial charge in [0.1, 0.15) is 11.3 Å². The SMILES string of the molecule is Cc1nn(C)c(C(F)F)c1C(=O)ON1C(=O)c2ccccc2C1=O. The summed E-state index contributed by atoms with van der Waals surface area (Å²) >= 11 is 0. The Morgan fingerprint density at radius 2 is 1.71 bits per heavy atom. The predicted molar refractivity (Wildman–Crippen MR) is 75.3 cm³/mol. The van der Waals surface area contributed by atoms with Crippen LogP contribution in [-0.2, 0) is 11.9 Å². The van der Waals surface area contributed by atoms with Crippen LogP contribution in [0.2, 0.25) is 0 Å². The molecule has 1 aliphatic rings. The van der Waals surface area contributed by atoms with Crippen molar-refractivity contribution in [3.8, 4) is 0 Å².